The summed E-state index contributed by atoms with van der Waals surface area (Å²) in [5, 5.41) is 0.231. The molecular weight excluding hydrogens is 251 g/mol. The van der Waals surface area contributed by atoms with Crippen molar-refractivity contribution in [1.82, 2.24) is 0 Å². The molecule has 0 atom stereocenters. The van der Waals surface area contributed by atoms with Gasteiger partial charge in [-0.15, -0.1) is 0 Å². The number of Topliss-reactive ketones (excluding diaryl/α,β-unsaturated/α-hetero) is 1. The Labute approximate surface area is 112 Å². The summed E-state index contributed by atoms with van der Waals surface area (Å²) < 4.78 is 13.4. The quantitative estimate of drug-likeness (QED) is 0.694. The van der Waals surface area contributed by atoms with Crippen molar-refractivity contribution in [3.63, 3.8) is 0 Å². The molecule has 2 rings (SSSR count). The van der Waals surface area contributed by atoms with Crippen LogP contribution in [0.5, 0.6) is 0 Å². The van der Waals surface area contributed by atoms with E-state index in [-0.39, 0.29) is 22.0 Å². The average Bonchev–Trinajstić information content (AvgIpc) is 2.34. The van der Waals surface area contributed by atoms with E-state index in [0.717, 1.165) is 25.7 Å². The van der Waals surface area contributed by atoms with Crippen LogP contribution in [0.1, 0.15) is 54.9 Å². The van der Waals surface area contributed by atoms with Crippen LogP contribution < -0.4 is 0 Å². The van der Waals surface area contributed by atoms with E-state index in [1.165, 1.54) is 12.5 Å². The van der Waals surface area contributed by atoms with Crippen molar-refractivity contribution in [2.24, 2.45) is 5.41 Å². The van der Waals surface area contributed by atoms with E-state index >= 15 is 0 Å². The number of carbonyl (C=O) groups is 1. The first kappa shape index (κ1) is 13.5. The molecule has 1 saturated carbocycles. The molecule has 1 aromatic rings. The molecule has 0 aromatic heterocycles. The van der Waals surface area contributed by atoms with Crippen molar-refractivity contribution < 1.29 is 9.18 Å². The van der Waals surface area contributed by atoms with Gasteiger partial charge in [-0.25, -0.2) is 4.39 Å². The molecule has 18 heavy (non-hydrogen) atoms. The number of rotatable bonds is 2. The Hall–Kier alpha value is -0.890. The Morgan fingerprint density at radius 3 is 2.50 bits per heavy atom. The summed E-state index contributed by atoms with van der Waals surface area (Å²) in [6.07, 6.45) is 5.16. The molecule has 0 aliphatic heterocycles. The Bertz CT molecular complexity index is 476. The lowest BCUT2D eigenvalue weighted by Gasteiger charge is -2.32. The second-order valence-corrected chi connectivity index (χ2v) is 5.94. The van der Waals surface area contributed by atoms with E-state index in [2.05, 4.69) is 0 Å². The largest absolute Gasteiger partial charge is 0.294 e. The minimum Gasteiger partial charge on any atom is -0.294 e. The Kier molecular flexibility index (Phi) is 3.76. The van der Waals surface area contributed by atoms with Gasteiger partial charge in [0.1, 0.15) is 5.82 Å². The second-order valence-electron chi connectivity index (χ2n) is 5.53. The maximum absolute atomic E-state index is 13.4. The Morgan fingerprint density at radius 1 is 1.28 bits per heavy atom. The third-order valence-corrected chi connectivity index (χ3v) is 4.31. The highest BCUT2D eigenvalue weighted by atomic mass is 35.5. The molecule has 0 N–H and O–H groups in total. The summed E-state index contributed by atoms with van der Waals surface area (Å²) in [4.78, 5) is 12.6. The summed E-state index contributed by atoms with van der Waals surface area (Å²) in [5.41, 5.74) is 0.619. The maximum atomic E-state index is 13.4. The van der Waals surface area contributed by atoms with Crippen LogP contribution in [0.3, 0.4) is 0 Å². The lowest BCUT2D eigenvalue weighted by Crippen LogP contribution is -2.30. The van der Waals surface area contributed by atoms with Crippen molar-refractivity contribution in [2.45, 2.75) is 46.0 Å². The Morgan fingerprint density at radius 2 is 1.89 bits per heavy atom. The predicted molar refractivity (Wildman–Crippen MR) is 71.7 cm³/mol. The van der Waals surface area contributed by atoms with Gasteiger partial charge in [-0.3, -0.25) is 4.79 Å². The fourth-order valence-electron chi connectivity index (χ4n) is 2.72. The highest BCUT2D eigenvalue weighted by Gasteiger charge is 2.36. The highest BCUT2D eigenvalue weighted by molar-refractivity contribution is 6.34. The number of hydrogen-bond acceptors (Lipinski definition) is 1. The van der Waals surface area contributed by atoms with Gasteiger partial charge in [0.25, 0.3) is 0 Å². The number of ketones is 1. The summed E-state index contributed by atoms with van der Waals surface area (Å²) in [6.45, 7) is 3.66. The van der Waals surface area contributed by atoms with Gasteiger partial charge in [0, 0.05) is 11.0 Å². The average molecular weight is 269 g/mol. The maximum Gasteiger partial charge on any atom is 0.170 e. The van der Waals surface area contributed by atoms with E-state index in [9.17, 15) is 9.18 Å². The van der Waals surface area contributed by atoms with Gasteiger partial charge < -0.3 is 0 Å². The molecule has 1 aliphatic rings. The molecule has 0 spiro atoms. The van der Waals surface area contributed by atoms with Crippen LogP contribution >= 0.6 is 11.6 Å². The lowest BCUT2D eigenvalue weighted by molar-refractivity contribution is 0.0749. The molecule has 1 nitrogen and oxygen atoms in total. The zero-order valence-electron chi connectivity index (χ0n) is 10.9. The number of hydrogen-bond donors (Lipinski definition) is 0. The van der Waals surface area contributed by atoms with E-state index < -0.39 is 0 Å². The lowest BCUT2D eigenvalue weighted by atomic mass is 9.71. The predicted octanol–water partition coefficient (Wildman–Crippen LogP) is 4.94. The van der Waals surface area contributed by atoms with Gasteiger partial charge in [-0.2, -0.15) is 0 Å². The van der Waals surface area contributed by atoms with Gasteiger partial charge in [-0.05, 0) is 37.5 Å². The first-order valence-electron chi connectivity index (χ1n) is 6.44. The third-order valence-electron chi connectivity index (χ3n) is 4.00. The van der Waals surface area contributed by atoms with Crippen molar-refractivity contribution in [2.75, 3.05) is 0 Å². The molecule has 98 valence electrons. The van der Waals surface area contributed by atoms with E-state index in [4.69, 9.17) is 11.6 Å². The van der Waals surface area contributed by atoms with Crippen molar-refractivity contribution in [3.8, 4) is 0 Å². The van der Waals surface area contributed by atoms with Crippen molar-refractivity contribution >= 4 is 17.4 Å². The first-order chi connectivity index (χ1) is 8.44. The zero-order chi connectivity index (χ0) is 13.3. The molecule has 1 aromatic carbocycles. The molecule has 3 heteroatoms. The fourth-order valence-corrected chi connectivity index (χ4v) is 2.95. The number of halogens is 2. The van der Waals surface area contributed by atoms with E-state index in [1.54, 1.807) is 13.0 Å². The molecule has 0 unspecified atom stereocenters. The molecule has 0 saturated heterocycles. The number of carbonyl (C=O) groups excluding carboxylic acids is 1. The SMILES string of the molecule is Cc1cc(C(=O)C2(C)CCCCC2)c(Cl)cc1F. The van der Waals surface area contributed by atoms with Crippen LogP contribution in [-0.4, -0.2) is 5.78 Å². The summed E-state index contributed by atoms with van der Waals surface area (Å²) in [5.74, 6) is -0.291. The highest BCUT2D eigenvalue weighted by Crippen LogP contribution is 2.40. The standard InChI is InChI=1S/C15H18ClFO/c1-10-8-11(12(16)9-13(10)17)14(18)15(2)6-4-3-5-7-15/h8-9H,3-7H2,1-2H3. The molecular formula is C15H18ClFO. The normalized spacial score (nSPS) is 18.7. The monoisotopic (exact) mass is 268 g/mol. The van der Waals surface area contributed by atoms with Gasteiger partial charge in [0.05, 0.1) is 5.02 Å². The first-order valence-corrected chi connectivity index (χ1v) is 6.82. The molecule has 0 heterocycles. The van der Waals surface area contributed by atoms with Crippen LogP contribution in [0.4, 0.5) is 4.39 Å². The Balaban J connectivity index is 2.36. The summed E-state index contributed by atoms with van der Waals surface area (Å²) in [7, 11) is 0. The molecule has 1 aliphatic carbocycles. The molecule has 0 radical (unpaired) electrons. The molecule has 0 bridgehead atoms. The van der Waals surface area contributed by atoms with Crippen LogP contribution in [0.2, 0.25) is 5.02 Å². The fraction of sp³-hybridized carbons (Fsp3) is 0.533. The zero-order valence-corrected chi connectivity index (χ0v) is 11.6. The molecule has 1 fully saturated rings. The number of benzene rings is 1. The van der Waals surface area contributed by atoms with Gasteiger partial charge in [0.15, 0.2) is 5.78 Å². The van der Waals surface area contributed by atoms with E-state index in [0.29, 0.717) is 11.1 Å². The minimum absolute atomic E-state index is 0.0651. The summed E-state index contributed by atoms with van der Waals surface area (Å²) >= 11 is 6.02. The van der Waals surface area contributed by atoms with Crippen molar-refractivity contribution in [1.29, 1.82) is 0 Å². The smallest absolute Gasteiger partial charge is 0.170 e. The number of aryl methyl sites for hydroxylation is 1. The van der Waals surface area contributed by atoms with Crippen molar-refractivity contribution in [3.05, 3.63) is 34.1 Å². The van der Waals surface area contributed by atoms with Gasteiger partial charge in [-0.1, -0.05) is 37.8 Å². The van der Waals surface area contributed by atoms with Crippen LogP contribution in [-0.2, 0) is 0 Å². The second kappa shape index (κ2) is 5.00. The van der Waals surface area contributed by atoms with Crippen LogP contribution in [0.15, 0.2) is 12.1 Å². The topological polar surface area (TPSA) is 17.1 Å². The van der Waals surface area contributed by atoms with Crippen LogP contribution in [0.25, 0.3) is 0 Å². The van der Waals surface area contributed by atoms with Gasteiger partial charge >= 0.3 is 0 Å². The molecule has 0 amide bonds. The minimum atomic E-state index is -0.356. The van der Waals surface area contributed by atoms with E-state index in [1.807, 2.05) is 6.92 Å². The summed E-state index contributed by atoms with van der Waals surface area (Å²) in [6, 6.07) is 2.83. The van der Waals surface area contributed by atoms with Crippen LogP contribution in [0, 0.1) is 18.2 Å². The third kappa shape index (κ3) is 2.44. The van der Waals surface area contributed by atoms with Gasteiger partial charge in [0.2, 0.25) is 0 Å².